The molecular formula is C19H20ClN5O2S. The van der Waals surface area contributed by atoms with E-state index in [1.54, 1.807) is 34.8 Å². The Morgan fingerprint density at radius 3 is 2.64 bits per heavy atom. The molecule has 1 N–H and O–H groups in total. The molecule has 1 amide bonds. The van der Waals surface area contributed by atoms with Crippen molar-refractivity contribution >= 4 is 35.4 Å². The molecule has 3 rings (SSSR count). The van der Waals surface area contributed by atoms with Crippen LogP contribution >= 0.6 is 23.8 Å². The topological polar surface area (TPSA) is 64.3 Å². The molecular weight excluding hydrogens is 398 g/mol. The molecule has 7 nitrogen and oxygen atoms in total. The number of benzene rings is 2. The predicted molar refractivity (Wildman–Crippen MR) is 112 cm³/mol. The molecule has 0 aliphatic rings. The van der Waals surface area contributed by atoms with Gasteiger partial charge < -0.3 is 10.1 Å². The first-order valence-electron chi connectivity index (χ1n) is 8.49. The molecule has 0 atom stereocenters. The highest BCUT2D eigenvalue weighted by Gasteiger charge is 2.11. The highest BCUT2D eigenvalue weighted by Crippen LogP contribution is 2.20. The van der Waals surface area contributed by atoms with E-state index in [0.717, 1.165) is 11.4 Å². The molecule has 0 fully saturated rings. The van der Waals surface area contributed by atoms with Gasteiger partial charge in [-0.1, -0.05) is 23.7 Å². The van der Waals surface area contributed by atoms with Gasteiger partial charge in [0.25, 0.3) is 0 Å². The predicted octanol–water partition coefficient (Wildman–Crippen LogP) is 3.59. The van der Waals surface area contributed by atoms with E-state index in [4.69, 9.17) is 28.6 Å². The number of hydrogen-bond acceptors (Lipinski definition) is 5. The maximum atomic E-state index is 12.3. The Balaban J connectivity index is 1.63. The number of nitrogens with zero attached hydrogens (tertiary/aromatic N) is 4. The highest BCUT2D eigenvalue weighted by atomic mass is 35.5. The van der Waals surface area contributed by atoms with Gasteiger partial charge >= 0.3 is 0 Å². The summed E-state index contributed by atoms with van der Waals surface area (Å²) in [6, 6.07) is 14.6. The summed E-state index contributed by atoms with van der Waals surface area (Å²) in [5, 5.41) is 7.63. The second kappa shape index (κ2) is 9.01. The molecule has 146 valence electrons. The fourth-order valence-electron chi connectivity index (χ4n) is 2.63. The quantitative estimate of drug-likeness (QED) is 0.595. The minimum Gasteiger partial charge on any atom is -0.497 e. The van der Waals surface area contributed by atoms with Crippen molar-refractivity contribution in [2.24, 2.45) is 0 Å². The number of carbonyl (C=O) groups is 1. The zero-order valence-electron chi connectivity index (χ0n) is 15.5. The fraction of sp³-hybridized carbons (Fsp3) is 0.211. The second-order valence-corrected chi connectivity index (χ2v) is 6.94. The number of methoxy groups -OCH3 is 1. The van der Waals surface area contributed by atoms with Gasteiger partial charge in [-0.05, 0) is 55.7 Å². The van der Waals surface area contributed by atoms with E-state index in [-0.39, 0.29) is 12.5 Å². The van der Waals surface area contributed by atoms with Crippen molar-refractivity contribution in [1.82, 2.24) is 19.2 Å². The van der Waals surface area contributed by atoms with Crippen molar-refractivity contribution in [3.05, 3.63) is 64.7 Å². The average Bonchev–Trinajstić information content (AvgIpc) is 3.04. The molecule has 0 unspecified atom stereocenters. The number of aromatic nitrogens is 3. The fourth-order valence-corrected chi connectivity index (χ4v) is 3.07. The minimum absolute atomic E-state index is 0.169. The van der Waals surface area contributed by atoms with E-state index in [2.05, 4.69) is 10.4 Å². The normalized spacial score (nSPS) is 10.9. The number of amides is 1. The minimum atomic E-state index is -0.170. The summed E-state index contributed by atoms with van der Waals surface area (Å²) in [4.78, 5) is 14.1. The zero-order valence-corrected chi connectivity index (χ0v) is 17.1. The first kappa shape index (κ1) is 20.1. The summed E-state index contributed by atoms with van der Waals surface area (Å²) in [5.74, 6) is 0.601. The smallest absolute Gasteiger partial charge is 0.238 e. The third-order valence-corrected chi connectivity index (χ3v) is 4.76. The lowest BCUT2D eigenvalue weighted by atomic mass is 10.3. The summed E-state index contributed by atoms with van der Waals surface area (Å²) in [7, 11) is 3.44. The summed E-state index contributed by atoms with van der Waals surface area (Å²) in [6.45, 7) is 0.542. The van der Waals surface area contributed by atoms with Gasteiger partial charge in [0.05, 0.1) is 31.0 Å². The molecule has 0 aliphatic carbocycles. The SMILES string of the molecule is COc1ccc(-n2cnn(CN(C)CC(=O)Nc3ccccc3Cl)c2=S)cc1. The van der Waals surface area contributed by atoms with Crippen LogP contribution in [-0.4, -0.2) is 45.9 Å². The molecule has 0 saturated carbocycles. The third-order valence-electron chi connectivity index (χ3n) is 4.02. The van der Waals surface area contributed by atoms with Crippen LogP contribution in [0.1, 0.15) is 0 Å². The van der Waals surface area contributed by atoms with Crippen LogP contribution in [0.25, 0.3) is 5.69 Å². The number of rotatable bonds is 7. The van der Waals surface area contributed by atoms with Gasteiger partial charge in [0.2, 0.25) is 10.7 Å². The number of hydrogen-bond donors (Lipinski definition) is 1. The molecule has 2 aromatic carbocycles. The Morgan fingerprint density at radius 1 is 1.25 bits per heavy atom. The van der Waals surface area contributed by atoms with Gasteiger partial charge in [-0.2, -0.15) is 5.10 Å². The Hall–Kier alpha value is -2.68. The number of anilines is 1. The van der Waals surface area contributed by atoms with Crippen LogP contribution in [0.15, 0.2) is 54.9 Å². The molecule has 28 heavy (non-hydrogen) atoms. The molecule has 0 spiro atoms. The number of nitrogens with one attached hydrogen (secondary N) is 1. The summed E-state index contributed by atoms with van der Waals surface area (Å²) >= 11 is 11.6. The Morgan fingerprint density at radius 2 is 1.96 bits per heavy atom. The maximum absolute atomic E-state index is 12.3. The second-order valence-electron chi connectivity index (χ2n) is 6.16. The lowest BCUT2D eigenvalue weighted by Gasteiger charge is -2.16. The van der Waals surface area contributed by atoms with Gasteiger partial charge in [0.15, 0.2) is 0 Å². The van der Waals surface area contributed by atoms with Crippen LogP contribution in [0, 0.1) is 4.77 Å². The van der Waals surface area contributed by atoms with Crippen molar-refractivity contribution in [1.29, 1.82) is 0 Å². The summed E-state index contributed by atoms with van der Waals surface area (Å²) in [5.41, 5.74) is 1.47. The molecule has 1 heterocycles. The van der Waals surface area contributed by atoms with Gasteiger partial charge in [0.1, 0.15) is 12.1 Å². The van der Waals surface area contributed by atoms with Gasteiger partial charge in [-0.3, -0.25) is 14.3 Å². The van der Waals surface area contributed by atoms with Crippen LogP contribution in [0.2, 0.25) is 5.02 Å². The highest BCUT2D eigenvalue weighted by molar-refractivity contribution is 7.71. The summed E-state index contributed by atoms with van der Waals surface area (Å²) < 4.78 is 9.16. The summed E-state index contributed by atoms with van der Waals surface area (Å²) in [6.07, 6.45) is 1.65. The van der Waals surface area contributed by atoms with Crippen LogP contribution in [0.5, 0.6) is 5.75 Å². The maximum Gasteiger partial charge on any atom is 0.238 e. The molecule has 0 saturated heterocycles. The first-order chi connectivity index (χ1) is 13.5. The molecule has 0 bridgehead atoms. The molecule has 9 heteroatoms. The molecule has 3 aromatic rings. The van der Waals surface area contributed by atoms with Crippen LogP contribution in [0.3, 0.4) is 0 Å². The lowest BCUT2D eigenvalue weighted by Crippen LogP contribution is -2.32. The standard InChI is InChI=1S/C19H20ClN5O2S/c1-23(11-18(26)22-17-6-4-3-5-16(17)20)13-25-19(28)24(12-21-25)14-7-9-15(27-2)10-8-14/h3-10,12H,11,13H2,1-2H3,(H,22,26). The van der Waals surface area contributed by atoms with Gasteiger partial charge in [-0.25, -0.2) is 4.68 Å². The van der Waals surface area contributed by atoms with Crippen molar-refractivity contribution in [3.8, 4) is 11.4 Å². The average molecular weight is 418 g/mol. The molecule has 0 radical (unpaired) electrons. The molecule has 1 aromatic heterocycles. The van der Waals surface area contributed by atoms with Crippen molar-refractivity contribution < 1.29 is 9.53 Å². The van der Waals surface area contributed by atoms with E-state index < -0.39 is 0 Å². The Kier molecular flexibility index (Phi) is 6.45. The first-order valence-corrected chi connectivity index (χ1v) is 9.28. The number of carbonyl (C=O) groups excluding carboxylic acids is 1. The number of para-hydroxylation sites is 1. The third kappa shape index (κ3) is 4.78. The van der Waals surface area contributed by atoms with E-state index in [0.29, 0.717) is 22.1 Å². The monoisotopic (exact) mass is 417 g/mol. The van der Waals surface area contributed by atoms with E-state index in [1.165, 1.54) is 0 Å². The molecule has 0 aliphatic heterocycles. The Bertz CT molecular complexity index is 1020. The van der Waals surface area contributed by atoms with Gasteiger partial charge in [-0.15, -0.1) is 0 Å². The van der Waals surface area contributed by atoms with Crippen LogP contribution in [0.4, 0.5) is 5.69 Å². The van der Waals surface area contributed by atoms with Crippen LogP contribution < -0.4 is 10.1 Å². The van der Waals surface area contributed by atoms with Crippen molar-refractivity contribution in [3.63, 3.8) is 0 Å². The van der Waals surface area contributed by atoms with E-state index in [1.807, 2.05) is 48.3 Å². The van der Waals surface area contributed by atoms with Crippen molar-refractivity contribution in [2.45, 2.75) is 6.67 Å². The lowest BCUT2D eigenvalue weighted by molar-refractivity contribution is -0.117. The number of ether oxygens (including phenoxy) is 1. The van der Waals surface area contributed by atoms with E-state index in [9.17, 15) is 4.79 Å². The Labute approximate surface area is 173 Å². The van der Waals surface area contributed by atoms with Gasteiger partial charge in [0, 0.05) is 5.69 Å². The number of halogens is 1. The largest absolute Gasteiger partial charge is 0.497 e. The zero-order chi connectivity index (χ0) is 20.1. The number of likely N-dealkylation sites (N-methyl/N-ethyl adjacent to an activating group) is 1. The van der Waals surface area contributed by atoms with Crippen molar-refractivity contribution in [2.75, 3.05) is 26.0 Å². The van der Waals surface area contributed by atoms with Crippen LogP contribution in [-0.2, 0) is 11.5 Å². The van der Waals surface area contributed by atoms with E-state index >= 15 is 0 Å².